The first-order chi connectivity index (χ1) is 65.0. The van der Waals surface area contributed by atoms with Gasteiger partial charge >= 0.3 is 0 Å². The fourth-order valence-electron chi connectivity index (χ4n) is 22.3. The van der Waals surface area contributed by atoms with Crippen molar-refractivity contribution < 1.29 is 0 Å². The summed E-state index contributed by atoms with van der Waals surface area (Å²) in [6, 6.07) is 171. The zero-order chi connectivity index (χ0) is 87.6. The fourth-order valence-corrected chi connectivity index (χ4v) is 22.3. The van der Waals surface area contributed by atoms with Gasteiger partial charge in [0.1, 0.15) is 0 Å². The molecule has 0 fully saturated rings. The minimum Gasteiger partial charge on any atom is -0.310 e. The Kier molecular flexibility index (Phi) is 17.3. The van der Waals surface area contributed by atoms with Gasteiger partial charge in [0.05, 0.1) is 44.1 Å². The van der Waals surface area contributed by atoms with Gasteiger partial charge in [0.15, 0.2) is 0 Å². The van der Waals surface area contributed by atoms with Crippen LogP contribution in [0.3, 0.4) is 0 Å². The largest absolute Gasteiger partial charge is 0.310 e. The topological polar surface area (TPSA) is 26.2 Å². The second kappa shape index (κ2) is 29.9. The Labute approximate surface area is 766 Å². The van der Waals surface area contributed by atoms with Gasteiger partial charge in [-0.05, 0) is 282 Å². The zero-order valence-corrected chi connectivity index (χ0v) is 73.6. The Morgan fingerprint density at radius 2 is 0.417 bits per heavy atom. The van der Waals surface area contributed by atoms with E-state index < -0.39 is 0 Å². The van der Waals surface area contributed by atoms with Crippen LogP contribution in [0.1, 0.15) is 49.9 Å². The number of rotatable bonds is 15. The molecular formula is C126H88N6. The Bertz CT molecular complexity index is 8710. The van der Waals surface area contributed by atoms with Gasteiger partial charge in [-0.15, -0.1) is 0 Å². The van der Waals surface area contributed by atoms with Gasteiger partial charge in [0.25, 0.3) is 0 Å². The molecule has 0 spiro atoms. The van der Waals surface area contributed by atoms with Crippen LogP contribution >= 0.6 is 0 Å². The van der Waals surface area contributed by atoms with Crippen LogP contribution in [0.2, 0.25) is 0 Å². The van der Waals surface area contributed by atoms with E-state index in [4.69, 9.17) is 0 Å². The average molecular weight is 1690 g/mol. The number of hydrogen-bond donors (Lipinski definition) is 0. The van der Waals surface area contributed by atoms with Crippen LogP contribution in [-0.2, 0) is 10.8 Å². The van der Waals surface area contributed by atoms with Crippen LogP contribution in [0, 0.1) is 0 Å². The summed E-state index contributed by atoms with van der Waals surface area (Å²) in [5.41, 5.74) is 42.6. The minimum atomic E-state index is -0.165. The average Bonchev–Trinajstić information content (AvgIpc) is 1.58. The van der Waals surface area contributed by atoms with E-state index in [0.717, 1.165) is 101 Å². The Morgan fingerprint density at radius 3 is 0.811 bits per heavy atom. The monoisotopic (exact) mass is 1680 g/mol. The SMILES string of the molecule is CC1(C)c2ccccc2-c2ccc(N(c3ccc(-c4ccc(-n5c6ccccc6c6ccccc65)cc4)cc3)c3ccc(-c4ccc(-n5c6ccccc6c6c(-c7ccc(-n8c9ccccc9c9cc(-c%10ccc(N(c%11ccc(-c%12ccc%13c(c%12)c%12ccccc%12n%13-c%12ccccc%12)cc%11)c%11ccc%12c(c%11)C(C)(C)c%11ccccc%11-%12)cc%10)ccc98)cc7)cccc65)cc4)cc3)cc21. The highest BCUT2D eigenvalue weighted by Gasteiger charge is 2.38. The molecule has 2 aliphatic carbocycles. The summed E-state index contributed by atoms with van der Waals surface area (Å²) in [5.74, 6) is 0. The summed E-state index contributed by atoms with van der Waals surface area (Å²) in [7, 11) is 0. The van der Waals surface area contributed by atoms with Crippen molar-refractivity contribution in [2.75, 3.05) is 9.80 Å². The molecule has 6 nitrogen and oxygen atoms in total. The summed E-state index contributed by atoms with van der Waals surface area (Å²) < 4.78 is 9.64. The summed E-state index contributed by atoms with van der Waals surface area (Å²) in [6.45, 7) is 9.47. The molecule has 622 valence electrons. The van der Waals surface area contributed by atoms with Crippen molar-refractivity contribution >= 4 is 121 Å². The van der Waals surface area contributed by atoms with Crippen molar-refractivity contribution in [1.29, 1.82) is 0 Å². The molecule has 24 aromatic rings. The number of hydrogen-bond acceptors (Lipinski definition) is 2. The molecule has 0 unspecified atom stereocenters. The maximum atomic E-state index is 2.44. The maximum absolute atomic E-state index is 2.44. The normalized spacial score (nSPS) is 13.0. The Hall–Kier alpha value is -16.8. The minimum absolute atomic E-state index is 0.159. The predicted molar refractivity (Wildman–Crippen MR) is 555 cm³/mol. The smallest absolute Gasteiger partial charge is 0.0547 e. The molecule has 0 N–H and O–H groups in total. The van der Waals surface area contributed by atoms with Gasteiger partial charge in [-0.3, -0.25) is 0 Å². The lowest BCUT2D eigenvalue weighted by atomic mass is 9.82. The highest BCUT2D eigenvalue weighted by molar-refractivity contribution is 6.17. The summed E-state index contributed by atoms with van der Waals surface area (Å²) in [6.07, 6.45) is 0. The molecule has 2 aliphatic rings. The molecule has 0 radical (unpaired) electrons. The molecule has 0 aliphatic heterocycles. The van der Waals surface area contributed by atoms with Crippen molar-refractivity contribution in [2.24, 2.45) is 0 Å². The van der Waals surface area contributed by atoms with Crippen LogP contribution < -0.4 is 9.80 Å². The van der Waals surface area contributed by atoms with Crippen LogP contribution in [-0.4, -0.2) is 18.3 Å². The lowest BCUT2D eigenvalue weighted by Crippen LogP contribution is -2.16. The van der Waals surface area contributed by atoms with Crippen LogP contribution in [0.4, 0.5) is 34.1 Å². The van der Waals surface area contributed by atoms with Crippen molar-refractivity contribution in [2.45, 2.75) is 38.5 Å². The molecule has 20 aromatic carbocycles. The zero-order valence-electron chi connectivity index (χ0n) is 73.6. The van der Waals surface area contributed by atoms with Gasteiger partial charge in [-0.2, -0.15) is 0 Å². The van der Waals surface area contributed by atoms with Crippen molar-refractivity contribution in [3.8, 4) is 101 Å². The molecule has 4 heterocycles. The standard InChI is InChI=1S/C126H88N6/c1-125(2)112-33-15-8-25-101(112)103-73-71-98(79-114(103)125)127(91-57-41-81(42-58-91)83-45-65-95(66-46-83)130-116-35-17-10-27-105(116)106-28-11-18-36-117(106)130)92-59-43-82(44-60-92)84-47-67-97(68-48-84)132-120-39-21-14-31-109(120)124-100(32-22-40-123(124)132)87-53-69-96(70-54-87)131-119-38-20-13-30-108(119)111-78-89(56-76-122(111)131)86-51-63-94(64-52-86)128(99-72-74-104-102-26-9-16-34-113(102)126(3,4)115(104)80-99)93-61-49-85(50-62-93)88-55-75-121-110(77-88)107-29-12-19-37-118(107)129(121)90-23-6-5-7-24-90/h5-80H,1-4H3. The fraction of sp³-hybridized carbons (Fsp3) is 0.0476. The van der Waals surface area contributed by atoms with Crippen LogP contribution in [0.25, 0.3) is 188 Å². The second-order valence-electron chi connectivity index (χ2n) is 36.7. The van der Waals surface area contributed by atoms with Gasteiger partial charge in [0.2, 0.25) is 0 Å². The van der Waals surface area contributed by atoms with E-state index >= 15 is 0 Å². The van der Waals surface area contributed by atoms with E-state index in [2.05, 4.69) is 517 Å². The third-order valence-corrected chi connectivity index (χ3v) is 28.8. The summed E-state index contributed by atoms with van der Waals surface area (Å²) >= 11 is 0. The first kappa shape index (κ1) is 76.4. The van der Waals surface area contributed by atoms with Gasteiger partial charge < -0.3 is 28.1 Å². The number of fused-ring (bicyclic) bond motifs is 18. The number of aromatic nitrogens is 4. The molecule has 0 amide bonds. The number of anilines is 6. The van der Waals surface area contributed by atoms with Gasteiger partial charge in [0, 0.05) is 111 Å². The number of para-hydroxylation sites is 6. The van der Waals surface area contributed by atoms with Crippen LogP contribution in [0.5, 0.6) is 0 Å². The second-order valence-corrected chi connectivity index (χ2v) is 36.7. The molecule has 26 rings (SSSR count). The number of benzene rings is 20. The summed E-state index contributed by atoms with van der Waals surface area (Å²) in [5, 5.41) is 9.88. The van der Waals surface area contributed by atoms with E-state index in [0.29, 0.717) is 0 Å². The highest BCUT2D eigenvalue weighted by atomic mass is 15.1. The van der Waals surface area contributed by atoms with Crippen molar-refractivity contribution in [3.05, 3.63) is 483 Å². The van der Waals surface area contributed by atoms with E-state index in [9.17, 15) is 0 Å². The van der Waals surface area contributed by atoms with Gasteiger partial charge in [-0.25, -0.2) is 0 Å². The quantitative estimate of drug-likeness (QED) is 0.102. The molecule has 4 aromatic heterocycles. The van der Waals surface area contributed by atoms with Crippen LogP contribution in [0.15, 0.2) is 461 Å². The molecule has 0 bridgehead atoms. The molecular weight excluding hydrogens is 1600 g/mol. The van der Waals surface area contributed by atoms with Gasteiger partial charge in [-0.1, -0.05) is 307 Å². The molecule has 0 saturated carbocycles. The third-order valence-electron chi connectivity index (χ3n) is 28.8. The number of nitrogens with zero attached hydrogens (tertiary/aromatic N) is 6. The maximum Gasteiger partial charge on any atom is 0.0547 e. The van der Waals surface area contributed by atoms with E-state index in [1.807, 2.05) is 0 Å². The lowest BCUT2D eigenvalue weighted by molar-refractivity contribution is 0.660. The van der Waals surface area contributed by atoms with Crippen molar-refractivity contribution in [1.82, 2.24) is 18.3 Å². The lowest BCUT2D eigenvalue weighted by Gasteiger charge is -2.28. The predicted octanol–water partition coefficient (Wildman–Crippen LogP) is 34.0. The molecule has 0 saturated heterocycles. The van der Waals surface area contributed by atoms with Crippen molar-refractivity contribution in [3.63, 3.8) is 0 Å². The van der Waals surface area contributed by atoms with E-state index in [1.165, 1.54) is 143 Å². The molecule has 6 heteroatoms. The summed E-state index contributed by atoms with van der Waals surface area (Å²) in [4.78, 5) is 4.85. The first-order valence-corrected chi connectivity index (χ1v) is 45.9. The first-order valence-electron chi connectivity index (χ1n) is 45.9. The highest BCUT2D eigenvalue weighted by Crippen LogP contribution is 2.54. The molecule has 132 heavy (non-hydrogen) atoms. The van der Waals surface area contributed by atoms with E-state index in [1.54, 1.807) is 0 Å². The third kappa shape index (κ3) is 12.0. The Morgan fingerprint density at radius 1 is 0.159 bits per heavy atom. The van der Waals surface area contributed by atoms with E-state index in [-0.39, 0.29) is 10.8 Å². The molecule has 0 atom stereocenters. The Balaban J connectivity index is 0.490.